The molecule has 1 saturated carbocycles. The maximum atomic E-state index is 12.2. The third kappa shape index (κ3) is 4.91. The number of benzene rings is 1. The van der Waals surface area contributed by atoms with E-state index in [0.29, 0.717) is 13.0 Å². The van der Waals surface area contributed by atoms with Crippen molar-refractivity contribution < 1.29 is 4.79 Å². The highest BCUT2D eigenvalue weighted by atomic mass is 32.1. The van der Waals surface area contributed by atoms with Gasteiger partial charge in [-0.15, -0.1) is 11.3 Å². The lowest BCUT2D eigenvalue weighted by Gasteiger charge is -2.20. The lowest BCUT2D eigenvalue weighted by molar-refractivity contribution is -0.121. The third-order valence-electron chi connectivity index (χ3n) is 5.22. The van der Waals surface area contributed by atoms with E-state index in [1.165, 1.54) is 43.2 Å². The average molecular weight is 357 g/mol. The van der Waals surface area contributed by atoms with Gasteiger partial charge in [0, 0.05) is 16.9 Å². The van der Waals surface area contributed by atoms with E-state index in [2.05, 4.69) is 24.4 Å². The van der Waals surface area contributed by atoms with E-state index in [0.717, 1.165) is 27.9 Å². The van der Waals surface area contributed by atoms with Crippen LogP contribution in [0.1, 0.15) is 61.1 Å². The Morgan fingerprint density at radius 2 is 1.96 bits per heavy atom. The SMILES string of the molecule is Cc1ccccc1-c1nc(C)c(CNC(=O)CCC2CCCCC2)s1. The van der Waals surface area contributed by atoms with Crippen molar-refractivity contribution in [2.24, 2.45) is 5.92 Å². The molecule has 1 fully saturated rings. The maximum absolute atomic E-state index is 12.2. The minimum atomic E-state index is 0.177. The fourth-order valence-corrected chi connectivity index (χ4v) is 4.69. The summed E-state index contributed by atoms with van der Waals surface area (Å²) in [4.78, 5) is 18.0. The monoisotopic (exact) mass is 356 g/mol. The summed E-state index contributed by atoms with van der Waals surface area (Å²) in [5.74, 6) is 0.938. The van der Waals surface area contributed by atoms with Crippen LogP contribution < -0.4 is 5.32 Å². The van der Waals surface area contributed by atoms with Crippen molar-refractivity contribution in [1.82, 2.24) is 10.3 Å². The standard InChI is InChI=1S/C21H28N2OS/c1-15-8-6-7-11-18(15)21-23-16(2)19(25-21)14-22-20(24)13-12-17-9-4-3-5-10-17/h6-8,11,17H,3-5,9-10,12-14H2,1-2H3,(H,22,24). The number of hydrogen-bond acceptors (Lipinski definition) is 3. The second-order valence-corrected chi connectivity index (χ2v) is 8.25. The van der Waals surface area contributed by atoms with Crippen LogP contribution in [-0.4, -0.2) is 10.9 Å². The van der Waals surface area contributed by atoms with E-state index in [-0.39, 0.29) is 5.91 Å². The number of nitrogens with zero attached hydrogens (tertiary/aromatic N) is 1. The second-order valence-electron chi connectivity index (χ2n) is 7.16. The first-order chi connectivity index (χ1) is 12.1. The quantitative estimate of drug-likeness (QED) is 0.752. The number of carbonyl (C=O) groups is 1. The predicted octanol–water partition coefficient (Wildman–Crippen LogP) is 5.40. The van der Waals surface area contributed by atoms with Crippen LogP contribution >= 0.6 is 11.3 Å². The van der Waals surface area contributed by atoms with Crippen LogP contribution in [0.3, 0.4) is 0 Å². The highest BCUT2D eigenvalue weighted by Crippen LogP contribution is 2.30. The Kier molecular flexibility index (Phi) is 6.24. The Morgan fingerprint density at radius 1 is 1.20 bits per heavy atom. The van der Waals surface area contributed by atoms with Crippen LogP contribution in [0.25, 0.3) is 10.6 Å². The number of rotatable bonds is 6. The van der Waals surface area contributed by atoms with Crippen LogP contribution in [0.4, 0.5) is 0 Å². The fourth-order valence-electron chi connectivity index (χ4n) is 3.60. The van der Waals surface area contributed by atoms with E-state index in [1.807, 2.05) is 19.1 Å². The summed E-state index contributed by atoms with van der Waals surface area (Å²) in [5.41, 5.74) is 3.45. The molecular weight excluding hydrogens is 328 g/mol. The summed E-state index contributed by atoms with van der Waals surface area (Å²) < 4.78 is 0. The van der Waals surface area contributed by atoms with Gasteiger partial charge in [-0.2, -0.15) is 0 Å². The molecule has 1 aromatic heterocycles. The molecule has 0 radical (unpaired) electrons. The molecule has 0 saturated heterocycles. The number of aryl methyl sites for hydroxylation is 2. The van der Waals surface area contributed by atoms with Crippen LogP contribution in [0.2, 0.25) is 0 Å². The largest absolute Gasteiger partial charge is 0.351 e. The molecular formula is C21H28N2OS. The smallest absolute Gasteiger partial charge is 0.220 e. The fraction of sp³-hybridized carbons (Fsp3) is 0.524. The number of aromatic nitrogens is 1. The molecule has 2 aromatic rings. The van der Waals surface area contributed by atoms with Gasteiger partial charge in [0.15, 0.2) is 0 Å². The zero-order valence-corrected chi connectivity index (χ0v) is 16.1. The van der Waals surface area contributed by atoms with Crippen molar-refractivity contribution in [2.75, 3.05) is 0 Å². The number of amides is 1. The summed E-state index contributed by atoms with van der Waals surface area (Å²) in [7, 11) is 0. The molecule has 1 aliphatic rings. The molecule has 134 valence electrons. The zero-order chi connectivity index (χ0) is 17.6. The van der Waals surface area contributed by atoms with Crippen molar-refractivity contribution in [3.05, 3.63) is 40.4 Å². The van der Waals surface area contributed by atoms with Gasteiger partial charge in [0.1, 0.15) is 5.01 Å². The molecule has 1 N–H and O–H groups in total. The van der Waals surface area contributed by atoms with Crippen molar-refractivity contribution in [3.63, 3.8) is 0 Å². The summed E-state index contributed by atoms with van der Waals surface area (Å²) in [5, 5.41) is 4.13. The van der Waals surface area contributed by atoms with Crippen molar-refractivity contribution in [3.8, 4) is 10.6 Å². The van der Waals surface area contributed by atoms with E-state index in [4.69, 9.17) is 4.98 Å². The van der Waals surface area contributed by atoms with Gasteiger partial charge in [-0.05, 0) is 31.7 Å². The van der Waals surface area contributed by atoms with Gasteiger partial charge in [0.25, 0.3) is 0 Å². The van der Waals surface area contributed by atoms with E-state index in [9.17, 15) is 4.79 Å². The first kappa shape index (κ1) is 18.1. The molecule has 3 rings (SSSR count). The molecule has 1 aromatic carbocycles. The van der Waals surface area contributed by atoms with E-state index < -0.39 is 0 Å². The van der Waals surface area contributed by atoms with Gasteiger partial charge < -0.3 is 5.32 Å². The third-order valence-corrected chi connectivity index (χ3v) is 6.41. The normalized spacial score (nSPS) is 15.3. The summed E-state index contributed by atoms with van der Waals surface area (Å²) in [6, 6.07) is 8.32. The topological polar surface area (TPSA) is 42.0 Å². The second kappa shape index (κ2) is 8.61. The Labute approximate surface area is 154 Å². The first-order valence-corrected chi connectivity index (χ1v) is 10.2. The summed E-state index contributed by atoms with van der Waals surface area (Å²) in [6.45, 7) is 4.74. The lowest BCUT2D eigenvalue weighted by atomic mass is 9.86. The van der Waals surface area contributed by atoms with Gasteiger partial charge in [0.05, 0.1) is 12.2 Å². The van der Waals surface area contributed by atoms with Gasteiger partial charge in [-0.25, -0.2) is 4.98 Å². The van der Waals surface area contributed by atoms with Crippen LogP contribution in [0.15, 0.2) is 24.3 Å². The lowest BCUT2D eigenvalue weighted by Crippen LogP contribution is -2.23. The highest BCUT2D eigenvalue weighted by molar-refractivity contribution is 7.15. The highest BCUT2D eigenvalue weighted by Gasteiger charge is 2.16. The van der Waals surface area contributed by atoms with Gasteiger partial charge in [-0.1, -0.05) is 56.4 Å². The average Bonchev–Trinajstić information content (AvgIpc) is 3.00. The Bertz CT molecular complexity index is 716. The summed E-state index contributed by atoms with van der Waals surface area (Å²) in [6.07, 6.45) is 8.37. The number of nitrogens with one attached hydrogen (secondary N) is 1. The molecule has 0 aliphatic heterocycles. The molecule has 1 aliphatic carbocycles. The molecule has 0 unspecified atom stereocenters. The number of thiazole rings is 1. The molecule has 0 bridgehead atoms. The Balaban J connectivity index is 1.53. The first-order valence-electron chi connectivity index (χ1n) is 9.42. The van der Waals surface area contributed by atoms with Gasteiger partial charge in [-0.3, -0.25) is 4.79 Å². The van der Waals surface area contributed by atoms with Gasteiger partial charge in [0.2, 0.25) is 5.91 Å². The Hall–Kier alpha value is -1.68. The van der Waals surface area contributed by atoms with E-state index >= 15 is 0 Å². The molecule has 1 amide bonds. The van der Waals surface area contributed by atoms with Crippen molar-refractivity contribution in [2.45, 2.75) is 65.3 Å². The Morgan fingerprint density at radius 3 is 2.72 bits per heavy atom. The van der Waals surface area contributed by atoms with Crippen molar-refractivity contribution >= 4 is 17.2 Å². The molecule has 4 heteroatoms. The van der Waals surface area contributed by atoms with Crippen LogP contribution in [-0.2, 0) is 11.3 Å². The van der Waals surface area contributed by atoms with E-state index in [1.54, 1.807) is 11.3 Å². The predicted molar refractivity (Wildman–Crippen MR) is 105 cm³/mol. The molecule has 25 heavy (non-hydrogen) atoms. The zero-order valence-electron chi connectivity index (χ0n) is 15.3. The molecule has 1 heterocycles. The molecule has 0 spiro atoms. The van der Waals surface area contributed by atoms with Crippen LogP contribution in [0.5, 0.6) is 0 Å². The van der Waals surface area contributed by atoms with Crippen molar-refractivity contribution in [1.29, 1.82) is 0 Å². The number of carbonyl (C=O) groups excluding carboxylic acids is 1. The molecule has 0 atom stereocenters. The number of hydrogen-bond donors (Lipinski definition) is 1. The molecule has 3 nitrogen and oxygen atoms in total. The maximum Gasteiger partial charge on any atom is 0.220 e. The minimum absolute atomic E-state index is 0.177. The van der Waals surface area contributed by atoms with Crippen LogP contribution in [0, 0.1) is 19.8 Å². The minimum Gasteiger partial charge on any atom is -0.351 e. The van der Waals surface area contributed by atoms with Gasteiger partial charge >= 0.3 is 0 Å². The summed E-state index contributed by atoms with van der Waals surface area (Å²) >= 11 is 1.69.